The van der Waals surface area contributed by atoms with Crippen molar-refractivity contribution in [1.29, 1.82) is 0 Å². The van der Waals surface area contributed by atoms with Crippen molar-refractivity contribution in [3.8, 4) is 0 Å². The van der Waals surface area contributed by atoms with Crippen LogP contribution in [0.2, 0.25) is 0 Å². The van der Waals surface area contributed by atoms with Gasteiger partial charge in [0, 0.05) is 49.1 Å². The molecule has 4 rings (SSSR count). The maximum absolute atomic E-state index is 12.4. The number of carbonyl (C=O) groups is 1. The van der Waals surface area contributed by atoms with Crippen LogP contribution in [0.1, 0.15) is 23.9 Å². The van der Waals surface area contributed by atoms with Gasteiger partial charge in [0.25, 0.3) is 0 Å². The lowest BCUT2D eigenvalue weighted by molar-refractivity contribution is -0.116. The zero-order valence-corrected chi connectivity index (χ0v) is 24.6. The van der Waals surface area contributed by atoms with Crippen molar-refractivity contribution in [3.05, 3.63) is 54.3 Å². The lowest BCUT2D eigenvalue weighted by atomic mass is 10.2. The highest BCUT2D eigenvalue weighted by atomic mass is 31.3. The average molecular weight is 664 g/mol. The summed E-state index contributed by atoms with van der Waals surface area (Å²) in [5.74, 6) is -0.284. The van der Waals surface area contributed by atoms with Gasteiger partial charge >= 0.3 is 23.5 Å². The lowest BCUT2D eigenvalue weighted by Crippen LogP contribution is -2.26. The third kappa shape index (κ3) is 9.30. The first kappa shape index (κ1) is 33.0. The van der Waals surface area contributed by atoms with E-state index in [1.165, 1.54) is 23.0 Å². The standard InChI is InChI=1S/C21H27N6O13P3/c22-20-19-13(4-5-17(29)24-8-6-14-3-1-2-7-23-14)10-27(21(19)26-12-25-20)18-9-15(28)16(38-18)11-37-42(33,34)40-43(35,36)39-41(30,31)32/h1-5,7,10,12,15-16,18,28H,6,8-9,11H2,(H,24,29)(H,33,34)(H,35,36)(H2,22,25,26)(H2,30,31,32)/b5-4+/t15-,16+,18+/m0/s1. The third-order valence-electron chi connectivity index (χ3n) is 5.82. The molecular weight excluding hydrogens is 637 g/mol. The Kier molecular flexibility index (Phi) is 10.3. The predicted octanol–water partition coefficient (Wildman–Crippen LogP) is 0.772. The van der Waals surface area contributed by atoms with Gasteiger partial charge in [-0.1, -0.05) is 6.07 Å². The van der Waals surface area contributed by atoms with E-state index < -0.39 is 48.5 Å². The molecule has 0 saturated carbocycles. The van der Waals surface area contributed by atoms with Gasteiger partial charge in [-0.3, -0.25) is 14.3 Å². The van der Waals surface area contributed by atoms with Gasteiger partial charge in [0.2, 0.25) is 5.91 Å². The molecule has 1 saturated heterocycles. The van der Waals surface area contributed by atoms with Crippen LogP contribution in [0, 0.1) is 0 Å². The summed E-state index contributed by atoms with van der Waals surface area (Å²) < 4.78 is 53.5. The monoisotopic (exact) mass is 664 g/mol. The van der Waals surface area contributed by atoms with Crippen LogP contribution in [0.25, 0.3) is 17.1 Å². The molecule has 3 aromatic heterocycles. The summed E-state index contributed by atoms with van der Waals surface area (Å²) >= 11 is 0. The molecule has 19 nitrogen and oxygen atoms in total. The Morgan fingerprint density at radius 3 is 2.60 bits per heavy atom. The number of aliphatic hydroxyl groups is 1. The highest BCUT2D eigenvalue weighted by Gasteiger charge is 2.43. The number of nitrogen functional groups attached to an aromatic ring is 1. The van der Waals surface area contributed by atoms with Gasteiger partial charge in [0.05, 0.1) is 18.1 Å². The molecule has 0 spiro atoms. The molecule has 1 amide bonds. The summed E-state index contributed by atoms with van der Waals surface area (Å²) in [6.45, 7) is -0.494. The minimum absolute atomic E-state index is 0.0741. The lowest BCUT2D eigenvalue weighted by Gasteiger charge is -2.19. The molecule has 1 fully saturated rings. The van der Waals surface area contributed by atoms with Crippen LogP contribution < -0.4 is 11.1 Å². The number of amides is 1. The molecule has 2 unspecified atom stereocenters. The van der Waals surface area contributed by atoms with Gasteiger partial charge in [-0.25, -0.2) is 23.7 Å². The molecule has 4 heterocycles. The third-order valence-corrected chi connectivity index (χ3v) is 9.62. The van der Waals surface area contributed by atoms with Crippen molar-refractivity contribution in [3.63, 3.8) is 0 Å². The van der Waals surface area contributed by atoms with E-state index in [1.54, 1.807) is 18.5 Å². The summed E-state index contributed by atoms with van der Waals surface area (Å²) in [4.78, 5) is 61.0. The van der Waals surface area contributed by atoms with E-state index in [4.69, 9.17) is 20.3 Å². The number of fused-ring (bicyclic) bond motifs is 1. The maximum atomic E-state index is 12.4. The Morgan fingerprint density at radius 2 is 1.91 bits per heavy atom. The number of phosphoric ester groups is 1. The summed E-state index contributed by atoms with van der Waals surface area (Å²) in [6.07, 6.45) is 4.18. The first-order chi connectivity index (χ1) is 20.1. The van der Waals surface area contributed by atoms with Crippen molar-refractivity contribution >= 4 is 52.3 Å². The van der Waals surface area contributed by atoms with Gasteiger partial charge in [-0.15, -0.1) is 0 Å². The van der Waals surface area contributed by atoms with Crippen LogP contribution in [0.3, 0.4) is 0 Å². The molecule has 234 valence electrons. The average Bonchev–Trinajstić information content (AvgIpc) is 3.45. The van der Waals surface area contributed by atoms with Crippen LogP contribution >= 0.6 is 23.5 Å². The zero-order chi connectivity index (χ0) is 31.4. The van der Waals surface area contributed by atoms with E-state index in [9.17, 15) is 33.4 Å². The second-order valence-corrected chi connectivity index (χ2v) is 13.4. The fourth-order valence-electron chi connectivity index (χ4n) is 4.07. The first-order valence-electron chi connectivity index (χ1n) is 12.2. The molecule has 1 aliphatic heterocycles. The smallest absolute Gasteiger partial charge is 0.390 e. The number of aromatic nitrogens is 4. The number of pyridine rings is 1. The molecule has 8 N–H and O–H groups in total. The Bertz CT molecular complexity index is 1630. The molecular formula is C21H27N6O13P3. The maximum Gasteiger partial charge on any atom is 0.490 e. The van der Waals surface area contributed by atoms with Gasteiger partial charge in [0.1, 0.15) is 30.1 Å². The molecule has 0 radical (unpaired) electrons. The minimum Gasteiger partial charge on any atom is -0.390 e. The van der Waals surface area contributed by atoms with Crippen molar-refractivity contribution in [2.75, 3.05) is 18.9 Å². The predicted molar refractivity (Wildman–Crippen MR) is 146 cm³/mol. The van der Waals surface area contributed by atoms with E-state index in [-0.39, 0.29) is 23.8 Å². The Hall–Kier alpha value is -2.89. The number of anilines is 1. The van der Waals surface area contributed by atoms with Crippen molar-refractivity contribution in [2.24, 2.45) is 0 Å². The number of ether oxygens (including phenoxy) is 1. The molecule has 0 aromatic carbocycles. The van der Waals surface area contributed by atoms with E-state index in [2.05, 4.69) is 33.4 Å². The van der Waals surface area contributed by atoms with Crippen molar-refractivity contribution < 1.29 is 61.1 Å². The van der Waals surface area contributed by atoms with E-state index >= 15 is 0 Å². The number of aliphatic hydroxyl groups excluding tert-OH is 1. The molecule has 3 aromatic rings. The molecule has 1 aliphatic rings. The van der Waals surface area contributed by atoms with Crippen LogP contribution in [0.5, 0.6) is 0 Å². The quantitative estimate of drug-likeness (QED) is 0.0981. The number of nitrogens with one attached hydrogen (secondary N) is 1. The van der Waals surface area contributed by atoms with Crippen LogP contribution in [0.4, 0.5) is 5.82 Å². The molecule has 0 bridgehead atoms. The van der Waals surface area contributed by atoms with Crippen molar-refractivity contribution in [2.45, 2.75) is 31.3 Å². The number of hydrogen-bond acceptors (Lipinski definition) is 13. The number of nitrogens with two attached hydrogens (primary N) is 1. The van der Waals surface area contributed by atoms with Gasteiger partial charge in [0.15, 0.2) is 0 Å². The van der Waals surface area contributed by atoms with Crippen molar-refractivity contribution in [1.82, 2.24) is 24.8 Å². The van der Waals surface area contributed by atoms with Gasteiger partial charge < -0.3 is 45.0 Å². The number of phosphoric acid groups is 3. The Balaban J connectivity index is 1.42. The van der Waals surface area contributed by atoms with Crippen LogP contribution in [-0.4, -0.2) is 75.5 Å². The van der Waals surface area contributed by atoms with E-state index in [0.717, 1.165) is 5.69 Å². The Morgan fingerprint density at radius 1 is 1.14 bits per heavy atom. The number of hydrogen-bond donors (Lipinski definition) is 7. The van der Waals surface area contributed by atoms with E-state index in [0.29, 0.717) is 23.9 Å². The highest BCUT2D eigenvalue weighted by Crippen LogP contribution is 2.66. The normalized spacial score (nSPS) is 22.0. The second kappa shape index (κ2) is 13.4. The van der Waals surface area contributed by atoms with Crippen LogP contribution in [0.15, 0.2) is 43.0 Å². The molecule has 43 heavy (non-hydrogen) atoms. The Labute approximate surface area is 242 Å². The summed E-state index contributed by atoms with van der Waals surface area (Å²) in [5.41, 5.74) is 7.62. The van der Waals surface area contributed by atoms with Gasteiger partial charge in [-0.2, -0.15) is 8.62 Å². The number of carbonyl (C=O) groups excluding carboxylic acids is 1. The minimum atomic E-state index is -5.71. The molecule has 22 heteroatoms. The second-order valence-electron chi connectivity index (χ2n) is 8.96. The highest BCUT2D eigenvalue weighted by molar-refractivity contribution is 7.66. The summed E-state index contributed by atoms with van der Waals surface area (Å²) in [5, 5.41) is 13.6. The topological polar surface area (TPSA) is 288 Å². The number of rotatable bonds is 13. The summed E-state index contributed by atoms with van der Waals surface area (Å²) in [6, 6.07) is 5.48. The largest absolute Gasteiger partial charge is 0.490 e. The zero-order valence-electron chi connectivity index (χ0n) is 21.9. The SMILES string of the molecule is Nc1ncnc2c1c(/C=C/C(=O)NCCc1ccccn1)cn2[C@H]1C[C@H](O)[C@@H](COP(=O)(O)OP(=O)(O)OP(=O)(O)O)O1. The van der Waals surface area contributed by atoms with E-state index in [1.807, 2.05) is 12.1 Å². The molecule has 0 aliphatic carbocycles. The summed E-state index contributed by atoms with van der Waals surface area (Å²) in [7, 11) is -16.7. The fourth-order valence-corrected chi connectivity index (χ4v) is 7.10. The first-order valence-corrected chi connectivity index (χ1v) is 16.7. The number of nitrogens with zero attached hydrogens (tertiary/aromatic N) is 4. The fraction of sp³-hybridized carbons (Fsp3) is 0.333. The van der Waals surface area contributed by atoms with Crippen LogP contribution in [-0.2, 0) is 42.8 Å². The van der Waals surface area contributed by atoms with Gasteiger partial charge in [-0.05, 0) is 18.2 Å². The molecule has 5 atom stereocenters.